The van der Waals surface area contributed by atoms with Crippen LogP contribution in [0.1, 0.15) is 37.6 Å². The van der Waals surface area contributed by atoms with Crippen molar-refractivity contribution < 1.29 is 9.53 Å². The molecule has 1 fully saturated rings. The van der Waals surface area contributed by atoms with Gasteiger partial charge in [-0.1, -0.05) is 25.2 Å². The summed E-state index contributed by atoms with van der Waals surface area (Å²) < 4.78 is 5.22. The summed E-state index contributed by atoms with van der Waals surface area (Å²) >= 11 is 1.39. The maximum atomic E-state index is 12.1. The van der Waals surface area contributed by atoms with Gasteiger partial charge < -0.3 is 10.5 Å². The zero-order chi connectivity index (χ0) is 13.2. The van der Waals surface area contributed by atoms with E-state index in [9.17, 15) is 4.79 Å². The number of nitrogens with zero attached hydrogens (tertiary/aromatic N) is 2. The van der Waals surface area contributed by atoms with Crippen LogP contribution >= 0.6 is 23.7 Å². The number of carbonyl (C=O) groups excluding carboxylic acids is 1. The molecule has 2 rings (SSSR count). The molecule has 0 unspecified atom stereocenters. The Hall–Kier alpha value is -0.760. The molecule has 0 aliphatic carbocycles. The molecule has 1 aromatic rings. The van der Waals surface area contributed by atoms with E-state index in [1.54, 1.807) is 0 Å². The molecule has 0 spiro atoms. The Bertz CT molecular complexity index is 432. The second kappa shape index (κ2) is 6.60. The van der Waals surface area contributed by atoms with E-state index >= 15 is 0 Å². The van der Waals surface area contributed by atoms with E-state index in [2.05, 4.69) is 15.5 Å². The van der Waals surface area contributed by atoms with Crippen molar-refractivity contribution >= 4 is 34.8 Å². The first-order valence-electron chi connectivity index (χ1n) is 6.03. The lowest BCUT2D eigenvalue weighted by molar-refractivity contribution is -0.124. The molecular formula is C11H19ClN4O2S. The van der Waals surface area contributed by atoms with Crippen LogP contribution in [0.25, 0.3) is 0 Å². The third kappa shape index (κ3) is 3.85. The minimum Gasteiger partial charge on any atom is -0.381 e. The summed E-state index contributed by atoms with van der Waals surface area (Å²) in [5, 5.41) is 12.2. The fourth-order valence-electron chi connectivity index (χ4n) is 1.70. The number of aromatic nitrogens is 2. The van der Waals surface area contributed by atoms with Crippen LogP contribution in [0.2, 0.25) is 0 Å². The van der Waals surface area contributed by atoms with Gasteiger partial charge in [-0.3, -0.25) is 10.1 Å². The fourth-order valence-corrected chi connectivity index (χ4v) is 2.44. The molecule has 8 heteroatoms. The van der Waals surface area contributed by atoms with Crippen molar-refractivity contribution in [1.82, 2.24) is 10.2 Å². The second-order valence-corrected chi connectivity index (χ2v) is 5.83. The molecule has 108 valence electrons. The van der Waals surface area contributed by atoms with E-state index in [1.807, 2.05) is 13.8 Å². The molecule has 0 aromatic carbocycles. The van der Waals surface area contributed by atoms with E-state index in [0.29, 0.717) is 37.1 Å². The first-order valence-corrected chi connectivity index (χ1v) is 6.84. The molecule has 0 bridgehead atoms. The number of amides is 1. The Balaban J connectivity index is 0.00000180. The number of rotatable bonds is 3. The van der Waals surface area contributed by atoms with Crippen LogP contribution in [0, 0.1) is 0 Å². The van der Waals surface area contributed by atoms with Gasteiger partial charge in [0, 0.05) is 19.1 Å². The van der Waals surface area contributed by atoms with Crippen LogP contribution in [0.3, 0.4) is 0 Å². The number of carbonyl (C=O) groups is 1. The Kier molecular flexibility index (Phi) is 5.66. The standard InChI is InChI=1S/C11H18N4O2S.ClH/c1-7(2)8-14-15-10(18-8)13-9(16)11(12)3-5-17-6-4-11;/h7H,3-6,12H2,1-2H3,(H,13,15,16);1H. The van der Waals surface area contributed by atoms with Crippen LogP contribution in [0.4, 0.5) is 5.13 Å². The highest BCUT2D eigenvalue weighted by molar-refractivity contribution is 7.15. The number of anilines is 1. The van der Waals surface area contributed by atoms with Crippen molar-refractivity contribution in [2.24, 2.45) is 5.73 Å². The second-order valence-electron chi connectivity index (χ2n) is 4.82. The molecule has 1 aliphatic rings. The maximum absolute atomic E-state index is 12.1. The average Bonchev–Trinajstić information content (AvgIpc) is 2.78. The minimum absolute atomic E-state index is 0. The third-order valence-electron chi connectivity index (χ3n) is 2.99. The fraction of sp³-hybridized carbons (Fsp3) is 0.727. The van der Waals surface area contributed by atoms with Gasteiger partial charge in [0.25, 0.3) is 0 Å². The normalized spacial score (nSPS) is 17.9. The topological polar surface area (TPSA) is 90.1 Å². The molecule has 6 nitrogen and oxygen atoms in total. The Morgan fingerprint density at radius 3 is 2.58 bits per heavy atom. The lowest BCUT2D eigenvalue weighted by atomic mass is 9.90. The van der Waals surface area contributed by atoms with E-state index in [1.165, 1.54) is 11.3 Å². The van der Waals surface area contributed by atoms with E-state index < -0.39 is 5.54 Å². The van der Waals surface area contributed by atoms with Gasteiger partial charge in [0.15, 0.2) is 0 Å². The Morgan fingerprint density at radius 2 is 2.05 bits per heavy atom. The molecule has 1 amide bonds. The van der Waals surface area contributed by atoms with Crippen molar-refractivity contribution in [3.05, 3.63) is 5.01 Å². The smallest absolute Gasteiger partial charge is 0.246 e. The van der Waals surface area contributed by atoms with Crippen LogP contribution < -0.4 is 11.1 Å². The van der Waals surface area contributed by atoms with Gasteiger partial charge in [0.1, 0.15) is 10.5 Å². The highest BCUT2D eigenvalue weighted by Crippen LogP contribution is 2.24. The summed E-state index contributed by atoms with van der Waals surface area (Å²) in [5.74, 6) is 0.111. The predicted octanol–water partition coefficient (Wildman–Crippen LogP) is 1.53. The van der Waals surface area contributed by atoms with E-state index in [0.717, 1.165) is 5.01 Å². The van der Waals surface area contributed by atoms with Crippen molar-refractivity contribution in [2.75, 3.05) is 18.5 Å². The van der Waals surface area contributed by atoms with Gasteiger partial charge >= 0.3 is 0 Å². The number of nitrogens with two attached hydrogens (primary N) is 1. The summed E-state index contributed by atoms with van der Waals surface area (Å²) in [5.41, 5.74) is 5.24. The molecule has 1 aromatic heterocycles. The predicted molar refractivity (Wildman–Crippen MR) is 76.8 cm³/mol. The van der Waals surface area contributed by atoms with Gasteiger partial charge in [-0.15, -0.1) is 22.6 Å². The summed E-state index contributed by atoms with van der Waals surface area (Å²) in [6.07, 6.45) is 1.07. The molecule has 19 heavy (non-hydrogen) atoms. The summed E-state index contributed by atoms with van der Waals surface area (Å²) in [6, 6.07) is 0. The molecule has 0 radical (unpaired) electrons. The SMILES string of the molecule is CC(C)c1nnc(NC(=O)C2(N)CCOCC2)s1.Cl. The zero-order valence-corrected chi connectivity index (χ0v) is 12.6. The lowest BCUT2D eigenvalue weighted by Gasteiger charge is -2.31. The zero-order valence-electron chi connectivity index (χ0n) is 11.0. The average molecular weight is 307 g/mol. The largest absolute Gasteiger partial charge is 0.381 e. The number of halogens is 1. The van der Waals surface area contributed by atoms with Crippen molar-refractivity contribution in [1.29, 1.82) is 0 Å². The van der Waals surface area contributed by atoms with Gasteiger partial charge in [0.2, 0.25) is 11.0 Å². The van der Waals surface area contributed by atoms with Crippen molar-refractivity contribution in [3.8, 4) is 0 Å². The van der Waals surface area contributed by atoms with Gasteiger partial charge in [0.05, 0.1) is 0 Å². The summed E-state index contributed by atoms with van der Waals surface area (Å²) in [7, 11) is 0. The molecule has 0 atom stereocenters. The van der Waals surface area contributed by atoms with Crippen molar-refractivity contribution in [3.63, 3.8) is 0 Å². The highest BCUT2D eigenvalue weighted by atomic mass is 35.5. The highest BCUT2D eigenvalue weighted by Gasteiger charge is 2.36. The van der Waals surface area contributed by atoms with Crippen LogP contribution in [-0.4, -0.2) is 34.9 Å². The lowest BCUT2D eigenvalue weighted by Crippen LogP contribution is -2.54. The van der Waals surface area contributed by atoms with Crippen LogP contribution in [0.5, 0.6) is 0 Å². The molecule has 1 saturated heterocycles. The minimum atomic E-state index is -0.845. The maximum Gasteiger partial charge on any atom is 0.246 e. The number of nitrogens with one attached hydrogen (secondary N) is 1. The quantitative estimate of drug-likeness (QED) is 0.884. The number of hydrogen-bond donors (Lipinski definition) is 2. The van der Waals surface area contributed by atoms with Gasteiger partial charge in [-0.05, 0) is 12.8 Å². The van der Waals surface area contributed by atoms with Crippen LogP contribution in [-0.2, 0) is 9.53 Å². The first kappa shape index (κ1) is 16.3. The van der Waals surface area contributed by atoms with E-state index in [4.69, 9.17) is 10.5 Å². The van der Waals surface area contributed by atoms with Crippen molar-refractivity contribution in [2.45, 2.75) is 38.1 Å². The van der Waals surface area contributed by atoms with Gasteiger partial charge in [-0.2, -0.15) is 0 Å². The summed E-state index contributed by atoms with van der Waals surface area (Å²) in [4.78, 5) is 12.1. The number of hydrogen-bond acceptors (Lipinski definition) is 6. The molecule has 2 heterocycles. The summed E-state index contributed by atoms with van der Waals surface area (Å²) in [6.45, 7) is 5.12. The number of ether oxygens (including phenoxy) is 1. The monoisotopic (exact) mass is 306 g/mol. The molecule has 3 N–H and O–H groups in total. The molecule has 0 saturated carbocycles. The van der Waals surface area contributed by atoms with Gasteiger partial charge in [-0.25, -0.2) is 0 Å². The third-order valence-corrected chi connectivity index (χ3v) is 4.13. The molecular weight excluding hydrogens is 288 g/mol. The Morgan fingerprint density at radius 1 is 1.42 bits per heavy atom. The van der Waals surface area contributed by atoms with E-state index in [-0.39, 0.29) is 18.3 Å². The Labute approximate surface area is 122 Å². The molecule has 1 aliphatic heterocycles. The van der Waals surface area contributed by atoms with Crippen LogP contribution in [0.15, 0.2) is 0 Å². The first-order chi connectivity index (χ1) is 8.51.